The second-order valence-electron chi connectivity index (χ2n) is 3.90. The van der Waals surface area contributed by atoms with Crippen LogP contribution >= 0.6 is 0 Å². The summed E-state index contributed by atoms with van der Waals surface area (Å²) in [5, 5.41) is 0. The fourth-order valence-corrected chi connectivity index (χ4v) is 1.91. The van der Waals surface area contributed by atoms with Crippen LogP contribution in [0.1, 0.15) is 22.9 Å². The first-order chi connectivity index (χ1) is 6.78. The number of carbonyl (C=O) groups is 1. The molecule has 1 unspecified atom stereocenters. The molecule has 1 saturated heterocycles. The number of oxazole rings is 1. The summed E-state index contributed by atoms with van der Waals surface area (Å²) in [5.74, 6) is 1.64. The van der Waals surface area contributed by atoms with Crippen LogP contribution in [0.2, 0.25) is 0 Å². The van der Waals surface area contributed by atoms with Crippen molar-refractivity contribution in [2.45, 2.75) is 12.8 Å². The van der Waals surface area contributed by atoms with E-state index in [4.69, 9.17) is 4.42 Å². The van der Waals surface area contributed by atoms with Crippen molar-refractivity contribution in [2.24, 2.45) is 5.92 Å². The molecule has 76 valence electrons. The van der Waals surface area contributed by atoms with Gasteiger partial charge in [-0.2, -0.15) is 0 Å². The lowest BCUT2D eigenvalue weighted by molar-refractivity contribution is 0.109. The average Bonchev–Trinajstić information content (AvgIpc) is 2.76. The van der Waals surface area contributed by atoms with E-state index in [0.717, 1.165) is 19.5 Å². The number of likely N-dealkylation sites (tertiary alicyclic amines) is 1. The average molecular weight is 194 g/mol. The van der Waals surface area contributed by atoms with Gasteiger partial charge in [-0.3, -0.25) is 4.79 Å². The van der Waals surface area contributed by atoms with Gasteiger partial charge in [-0.25, -0.2) is 4.98 Å². The Bertz CT molecular complexity index is 322. The van der Waals surface area contributed by atoms with E-state index in [2.05, 4.69) is 16.9 Å². The van der Waals surface area contributed by atoms with E-state index < -0.39 is 0 Å². The lowest BCUT2D eigenvalue weighted by Crippen LogP contribution is -2.15. The minimum absolute atomic E-state index is 0.325. The van der Waals surface area contributed by atoms with Gasteiger partial charge in [-0.05, 0) is 25.9 Å². The first-order valence-corrected chi connectivity index (χ1v) is 4.86. The van der Waals surface area contributed by atoms with Crippen LogP contribution in [0.25, 0.3) is 0 Å². The Balaban J connectivity index is 1.93. The Morgan fingerprint density at radius 2 is 2.64 bits per heavy atom. The summed E-state index contributed by atoms with van der Waals surface area (Å²) in [6, 6.07) is 0. The Morgan fingerprint density at radius 1 is 1.79 bits per heavy atom. The minimum Gasteiger partial charge on any atom is -0.438 e. The second kappa shape index (κ2) is 3.92. The Kier molecular flexibility index (Phi) is 2.63. The van der Waals surface area contributed by atoms with Crippen molar-refractivity contribution in [1.29, 1.82) is 0 Å². The molecule has 0 saturated carbocycles. The van der Waals surface area contributed by atoms with Crippen molar-refractivity contribution >= 4 is 6.29 Å². The smallest absolute Gasteiger partial charge is 0.195 e. The van der Waals surface area contributed by atoms with Gasteiger partial charge in [-0.15, -0.1) is 0 Å². The maximum absolute atomic E-state index is 10.4. The topological polar surface area (TPSA) is 46.3 Å². The highest BCUT2D eigenvalue weighted by atomic mass is 16.4. The van der Waals surface area contributed by atoms with Crippen molar-refractivity contribution in [3.8, 4) is 0 Å². The summed E-state index contributed by atoms with van der Waals surface area (Å²) >= 11 is 0. The largest absolute Gasteiger partial charge is 0.438 e. The van der Waals surface area contributed by atoms with Crippen molar-refractivity contribution in [2.75, 3.05) is 20.1 Å². The molecule has 0 spiro atoms. The van der Waals surface area contributed by atoms with Crippen LogP contribution in [0.4, 0.5) is 0 Å². The molecule has 0 bridgehead atoms. The number of aldehydes is 1. The molecule has 1 aromatic heterocycles. The van der Waals surface area contributed by atoms with E-state index in [1.165, 1.54) is 12.6 Å². The zero-order valence-electron chi connectivity index (χ0n) is 8.27. The SMILES string of the molecule is CN1CCC(Cc2ncc(C=O)o2)C1. The van der Waals surface area contributed by atoms with E-state index >= 15 is 0 Å². The van der Waals surface area contributed by atoms with Gasteiger partial charge in [0.25, 0.3) is 0 Å². The number of aromatic nitrogens is 1. The molecule has 2 heterocycles. The summed E-state index contributed by atoms with van der Waals surface area (Å²) in [5.41, 5.74) is 0. The molecule has 0 radical (unpaired) electrons. The lowest BCUT2D eigenvalue weighted by Gasteiger charge is -2.07. The number of hydrogen-bond acceptors (Lipinski definition) is 4. The van der Waals surface area contributed by atoms with Crippen LogP contribution in [0.5, 0.6) is 0 Å². The molecular formula is C10H14N2O2. The molecule has 1 fully saturated rings. The number of rotatable bonds is 3. The van der Waals surface area contributed by atoms with Gasteiger partial charge in [0, 0.05) is 13.0 Å². The third-order valence-electron chi connectivity index (χ3n) is 2.64. The highest BCUT2D eigenvalue weighted by Crippen LogP contribution is 2.19. The van der Waals surface area contributed by atoms with E-state index in [9.17, 15) is 4.79 Å². The molecule has 0 amide bonds. The summed E-state index contributed by atoms with van der Waals surface area (Å²) in [7, 11) is 2.12. The summed E-state index contributed by atoms with van der Waals surface area (Å²) in [4.78, 5) is 16.7. The normalized spacial score (nSPS) is 22.8. The van der Waals surface area contributed by atoms with Gasteiger partial charge in [0.1, 0.15) is 0 Å². The third-order valence-corrected chi connectivity index (χ3v) is 2.64. The molecule has 1 aliphatic heterocycles. The van der Waals surface area contributed by atoms with Crippen LogP contribution in [-0.2, 0) is 6.42 Å². The van der Waals surface area contributed by atoms with Crippen LogP contribution in [-0.4, -0.2) is 36.3 Å². The number of carbonyl (C=O) groups excluding carboxylic acids is 1. The molecule has 1 aliphatic rings. The predicted octanol–water partition coefficient (Wildman–Crippen LogP) is 0.981. The fourth-order valence-electron chi connectivity index (χ4n) is 1.91. The monoisotopic (exact) mass is 194 g/mol. The Morgan fingerprint density at radius 3 is 3.21 bits per heavy atom. The summed E-state index contributed by atoms with van der Waals surface area (Å²) < 4.78 is 5.23. The molecule has 4 heteroatoms. The van der Waals surface area contributed by atoms with E-state index in [0.29, 0.717) is 23.9 Å². The van der Waals surface area contributed by atoms with Gasteiger partial charge in [0.15, 0.2) is 17.9 Å². The Labute approximate surface area is 82.9 Å². The molecule has 2 rings (SSSR count). The highest BCUT2D eigenvalue weighted by molar-refractivity contribution is 5.69. The zero-order valence-corrected chi connectivity index (χ0v) is 8.27. The maximum Gasteiger partial charge on any atom is 0.195 e. The van der Waals surface area contributed by atoms with Crippen LogP contribution in [0.15, 0.2) is 10.6 Å². The summed E-state index contributed by atoms with van der Waals surface area (Å²) in [6.07, 6.45) is 4.21. The standard InChI is InChI=1S/C10H14N2O2/c1-12-3-2-8(6-12)4-10-11-5-9(7-13)14-10/h5,7-8H,2-4,6H2,1H3. The molecule has 1 aromatic rings. The minimum atomic E-state index is 0.325. The van der Waals surface area contributed by atoms with Gasteiger partial charge >= 0.3 is 0 Å². The van der Waals surface area contributed by atoms with Gasteiger partial charge in [-0.1, -0.05) is 0 Å². The highest BCUT2D eigenvalue weighted by Gasteiger charge is 2.21. The maximum atomic E-state index is 10.4. The van der Waals surface area contributed by atoms with Crippen LogP contribution in [0.3, 0.4) is 0 Å². The first kappa shape index (κ1) is 9.40. The predicted molar refractivity (Wildman–Crippen MR) is 51.2 cm³/mol. The molecule has 0 aromatic carbocycles. The molecule has 14 heavy (non-hydrogen) atoms. The van der Waals surface area contributed by atoms with E-state index in [1.807, 2.05) is 0 Å². The summed E-state index contributed by atoms with van der Waals surface area (Å²) in [6.45, 7) is 2.24. The number of nitrogens with zero attached hydrogens (tertiary/aromatic N) is 2. The second-order valence-corrected chi connectivity index (χ2v) is 3.90. The molecule has 4 nitrogen and oxygen atoms in total. The molecule has 0 aliphatic carbocycles. The van der Waals surface area contributed by atoms with Gasteiger partial charge in [0.05, 0.1) is 6.20 Å². The van der Waals surface area contributed by atoms with Crippen LogP contribution < -0.4 is 0 Å². The lowest BCUT2D eigenvalue weighted by atomic mass is 10.1. The van der Waals surface area contributed by atoms with Crippen molar-refractivity contribution < 1.29 is 9.21 Å². The molecular weight excluding hydrogens is 180 g/mol. The zero-order chi connectivity index (χ0) is 9.97. The first-order valence-electron chi connectivity index (χ1n) is 4.86. The van der Waals surface area contributed by atoms with E-state index in [-0.39, 0.29) is 0 Å². The van der Waals surface area contributed by atoms with E-state index in [1.54, 1.807) is 0 Å². The fraction of sp³-hybridized carbons (Fsp3) is 0.600. The van der Waals surface area contributed by atoms with Crippen LogP contribution in [0, 0.1) is 5.92 Å². The quantitative estimate of drug-likeness (QED) is 0.673. The molecule has 1 atom stereocenters. The van der Waals surface area contributed by atoms with Crippen molar-refractivity contribution in [3.63, 3.8) is 0 Å². The number of hydrogen-bond donors (Lipinski definition) is 0. The molecule has 0 N–H and O–H groups in total. The van der Waals surface area contributed by atoms with Crippen molar-refractivity contribution in [1.82, 2.24) is 9.88 Å². The third kappa shape index (κ3) is 2.01. The van der Waals surface area contributed by atoms with Gasteiger partial charge in [0.2, 0.25) is 0 Å². The van der Waals surface area contributed by atoms with Crippen molar-refractivity contribution in [3.05, 3.63) is 17.8 Å². The Hall–Kier alpha value is -1.16. The van der Waals surface area contributed by atoms with Gasteiger partial charge < -0.3 is 9.32 Å².